The fourth-order valence-electron chi connectivity index (χ4n) is 0.581. The smallest absolute Gasteiger partial charge is 0.409 e. The Morgan fingerprint density at radius 2 is 1.75 bits per heavy atom. The molecule has 0 spiro atoms. The number of carbonyl (C=O) groups is 1. The maximum Gasteiger partial charge on any atom is 0.409 e. The first-order valence-corrected chi connectivity index (χ1v) is 4.09. The normalized spacial score (nSPS) is 7.92. The SMILES string of the molecule is CC.O=C(Cl)Oc1ccccc1. The molecule has 0 bridgehead atoms. The van der Waals surface area contributed by atoms with Crippen molar-refractivity contribution in [1.29, 1.82) is 0 Å². The van der Waals surface area contributed by atoms with E-state index in [0.717, 1.165) is 0 Å². The van der Waals surface area contributed by atoms with Gasteiger partial charge in [-0.1, -0.05) is 32.0 Å². The van der Waals surface area contributed by atoms with Crippen LogP contribution in [-0.2, 0) is 0 Å². The molecule has 0 heterocycles. The molecule has 2 nitrogen and oxygen atoms in total. The van der Waals surface area contributed by atoms with Crippen LogP contribution in [0.5, 0.6) is 5.75 Å². The van der Waals surface area contributed by atoms with Crippen molar-refractivity contribution < 1.29 is 9.53 Å². The van der Waals surface area contributed by atoms with Crippen LogP contribution in [0, 0.1) is 0 Å². The Morgan fingerprint density at radius 3 is 2.17 bits per heavy atom. The Bertz CT molecular complexity index is 221. The zero-order valence-corrected chi connectivity index (χ0v) is 7.84. The molecule has 12 heavy (non-hydrogen) atoms. The van der Waals surface area contributed by atoms with Crippen LogP contribution in [0.1, 0.15) is 13.8 Å². The lowest BCUT2D eigenvalue weighted by Gasteiger charge is -1.95. The van der Waals surface area contributed by atoms with Crippen molar-refractivity contribution in [3.8, 4) is 5.75 Å². The minimum absolute atomic E-state index is 0.461. The molecular weight excluding hydrogens is 176 g/mol. The zero-order valence-electron chi connectivity index (χ0n) is 7.08. The second-order valence-corrected chi connectivity index (χ2v) is 1.96. The molecule has 1 aromatic carbocycles. The number of benzene rings is 1. The standard InChI is InChI=1S/C7H5ClO2.C2H6/c8-7(9)10-6-4-2-1-3-5-6;1-2/h1-5H;1-2H3. The van der Waals surface area contributed by atoms with Gasteiger partial charge in [0.05, 0.1) is 0 Å². The summed E-state index contributed by atoms with van der Waals surface area (Å²) in [6.07, 6.45) is 0. The summed E-state index contributed by atoms with van der Waals surface area (Å²) in [5.41, 5.74) is -0.814. The van der Waals surface area contributed by atoms with Crippen LogP contribution in [0.2, 0.25) is 0 Å². The molecule has 0 fully saturated rings. The third-order valence-electron chi connectivity index (χ3n) is 0.941. The van der Waals surface area contributed by atoms with Gasteiger partial charge in [0.25, 0.3) is 0 Å². The monoisotopic (exact) mass is 186 g/mol. The summed E-state index contributed by atoms with van der Waals surface area (Å²) < 4.78 is 4.54. The lowest BCUT2D eigenvalue weighted by molar-refractivity contribution is 0.225. The van der Waals surface area contributed by atoms with Crippen molar-refractivity contribution >= 4 is 17.0 Å². The summed E-state index contributed by atoms with van der Waals surface area (Å²) in [7, 11) is 0. The van der Waals surface area contributed by atoms with Gasteiger partial charge in [0, 0.05) is 11.6 Å². The van der Waals surface area contributed by atoms with E-state index in [1.165, 1.54) is 0 Å². The van der Waals surface area contributed by atoms with E-state index in [-0.39, 0.29) is 0 Å². The molecule has 0 aliphatic heterocycles. The van der Waals surface area contributed by atoms with Gasteiger partial charge in [0.2, 0.25) is 0 Å². The second-order valence-electron chi connectivity index (χ2n) is 1.65. The average molecular weight is 187 g/mol. The van der Waals surface area contributed by atoms with Crippen LogP contribution in [0.25, 0.3) is 0 Å². The fourth-order valence-corrected chi connectivity index (χ4v) is 0.670. The van der Waals surface area contributed by atoms with Gasteiger partial charge in [-0.05, 0) is 12.1 Å². The number of carbonyl (C=O) groups excluding carboxylic acids is 1. The van der Waals surface area contributed by atoms with Gasteiger partial charge >= 0.3 is 5.43 Å². The van der Waals surface area contributed by atoms with Gasteiger partial charge in [-0.3, -0.25) is 0 Å². The maximum atomic E-state index is 10.2. The molecule has 0 atom stereocenters. The number of ether oxygens (including phenoxy) is 1. The van der Waals surface area contributed by atoms with Crippen molar-refractivity contribution in [3.05, 3.63) is 30.3 Å². The zero-order chi connectivity index (χ0) is 9.40. The summed E-state index contributed by atoms with van der Waals surface area (Å²) in [6.45, 7) is 4.00. The summed E-state index contributed by atoms with van der Waals surface area (Å²) in [4.78, 5) is 10.2. The van der Waals surface area contributed by atoms with Gasteiger partial charge < -0.3 is 4.74 Å². The third-order valence-corrected chi connectivity index (χ3v) is 1.02. The van der Waals surface area contributed by atoms with E-state index in [4.69, 9.17) is 11.6 Å². The molecular formula is C9H11ClO2. The quantitative estimate of drug-likeness (QED) is 0.628. The molecule has 0 N–H and O–H groups in total. The minimum Gasteiger partial charge on any atom is -0.415 e. The molecule has 0 amide bonds. The molecule has 3 heteroatoms. The van der Waals surface area contributed by atoms with Crippen LogP contribution >= 0.6 is 11.6 Å². The molecule has 1 aromatic rings. The predicted octanol–water partition coefficient (Wildman–Crippen LogP) is 3.45. The topological polar surface area (TPSA) is 26.3 Å². The van der Waals surface area contributed by atoms with Gasteiger partial charge in [0.15, 0.2) is 0 Å². The van der Waals surface area contributed by atoms with Gasteiger partial charge in [0.1, 0.15) is 5.75 Å². The summed E-state index contributed by atoms with van der Waals surface area (Å²) in [6, 6.07) is 8.65. The molecule has 0 saturated heterocycles. The molecule has 0 unspecified atom stereocenters. The van der Waals surface area contributed by atoms with Crippen LogP contribution in [0.15, 0.2) is 30.3 Å². The molecule has 66 valence electrons. The van der Waals surface area contributed by atoms with Crippen LogP contribution in [0.3, 0.4) is 0 Å². The number of hydrogen-bond acceptors (Lipinski definition) is 2. The molecule has 0 aliphatic carbocycles. The minimum atomic E-state index is -0.814. The Balaban J connectivity index is 0.000000561. The van der Waals surface area contributed by atoms with Crippen molar-refractivity contribution in [1.82, 2.24) is 0 Å². The fraction of sp³-hybridized carbons (Fsp3) is 0.222. The van der Waals surface area contributed by atoms with E-state index >= 15 is 0 Å². The van der Waals surface area contributed by atoms with Crippen LogP contribution in [-0.4, -0.2) is 5.43 Å². The Hall–Kier alpha value is -1.02. The molecule has 1 rings (SSSR count). The predicted molar refractivity (Wildman–Crippen MR) is 49.7 cm³/mol. The first kappa shape index (κ1) is 11.0. The summed E-state index contributed by atoms with van der Waals surface area (Å²) >= 11 is 4.95. The highest BCUT2D eigenvalue weighted by atomic mass is 35.5. The van der Waals surface area contributed by atoms with E-state index < -0.39 is 5.43 Å². The van der Waals surface area contributed by atoms with Crippen molar-refractivity contribution in [2.24, 2.45) is 0 Å². The van der Waals surface area contributed by atoms with E-state index in [9.17, 15) is 4.79 Å². The molecule has 0 aromatic heterocycles. The number of halogens is 1. The first-order chi connectivity index (χ1) is 5.79. The number of rotatable bonds is 1. The number of para-hydroxylation sites is 1. The maximum absolute atomic E-state index is 10.2. The lowest BCUT2D eigenvalue weighted by Crippen LogP contribution is -1.94. The first-order valence-electron chi connectivity index (χ1n) is 3.71. The van der Waals surface area contributed by atoms with Crippen LogP contribution in [0.4, 0.5) is 4.79 Å². The van der Waals surface area contributed by atoms with Crippen LogP contribution < -0.4 is 4.74 Å². The summed E-state index contributed by atoms with van der Waals surface area (Å²) in [5.74, 6) is 0.461. The Kier molecular flexibility index (Phi) is 6.11. The third kappa shape index (κ3) is 4.74. The van der Waals surface area contributed by atoms with Crippen molar-refractivity contribution in [2.75, 3.05) is 0 Å². The van der Waals surface area contributed by atoms with Gasteiger partial charge in [-0.25, -0.2) is 4.79 Å². The Labute approximate surface area is 77.1 Å². The van der Waals surface area contributed by atoms with Crippen molar-refractivity contribution in [2.45, 2.75) is 13.8 Å². The van der Waals surface area contributed by atoms with Gasteiger partial charge in [-0.2, -0.15) is 0 Å². The molecule has 0 radical (unpaired) electrons. The second kappa shape index (κ2) is 6.68. The van der Waals surface area contributed by atoms with E-state index in [2.05, 4.69) is 4.74 Å². The van der Waals surface area contributed by atoms with E-state index in [0.29, 0.717) is 5.75 Å². The molecule has 0 aliphatic rings. The van der Waals surface area contributed by atoms with Crippen molar-refractivity contribution in [3.63, 3.8) is 0 Å². The van der Waals surface area contributed by atoms with Gasteiger partial charge in [-0.15, -0.1) is 0 Å². The van der Waals surface area contributed by atoms with E-state index in [1.807, 2.05) is 19.9 Å². The lowest BCUT2D eigenvalue weighted by atomic mass is 10.3. The molecule has 0 saturated carbocycles. The highest BCUT2D eigenvalue weighted by Crippen LogP contribution is 2.09. The Morgan fingerprint density at radius 1 is 1.25 bits per heavy atom. The van der Waals surface area contributed by atoms with E-state index in [1.54, 1.807) is 24.3 Å². The number of hydrogen-bond donors (Lipinski definition) is 0. The highest BCUT2D eigenvalue weighted by molar-refractivity contribution is 6.61. The highest BCUT2D eigenvalue weighted by Gasteiger charge is 1.95. The average Bonchev–Trinajstić information content (AvgIpc) is 2.08. The summed E-state index contributed by atoms with van der Waals surface area (Å²) in [5, 5.41) is 0. The largest absolute Gasteiger partial charge is 0.415 e.